The maximum absolute atomic E-state index is 6.17. The monoisotopic (exact) mass is 315 g/mol. The van der Waals surface area contributed by atoms with Gasteiger partial charge in [0.25, 0.3) is 0 Å². The van der Waals surface area contributed by atoms with Crippen LogP contribution in [0.5, 0.6) is 0 Å². The minimum absolute atomic E-state index is 0.0184. The highest BCUT2D eigenvalue weighted by molar-refractivity contribution is 6.35. The van der Waals surface area contributed by atoms with Crippen LogP contribution in [-0.2, 0) is 0 Å². The summed E-state index contributed by atoms with van der Waals surface area (Å²) in [6.07, 6.45) is 0. The Kier molecular flexibility index (Phi) is 4.50. The molecule has 0 bridgehead atoms. The number of hydrogen-bond donors (Lipinski definition) is 1. The van der Waals surface area contributed by atoms with E-state index in [1.165, 1.54) is 0 Å². The second-order valence-corrected chi connectivity index (χ2v) is 5.39. The molecule has 0 amide bonds. The Morgan fingerprint density at radius 2 is 1.84 bits per heavy atom. The first kappa shape index (κ1) is 14.4. The largest absolute Gasteiger partial charge is 0.363 e. The molecule has 1 unspecified atom stereocenters. The minimum Gasteiger partial charge on any atom is -0.363 e. The normalized spacial score (nSPS) is 12.3. The van der Waals surface area contributed by atoms with Gasteiger partial charge in [0.15, 0.2) is 0 Å². The van der Waals surface area contributed by atoms with Crippen LogP contribution in [0.1, 0.15) is 24.4 Å². The molecule has 2 rings (SSSR count). The van der Waals surface area contributed by atoms with Gasteiger partial charge in [0.2, 0.25) is 0 Å². The third-order valence-electron chi connectivity index (χ3n) is 2.60. The number of aryl methyl sites for hydroxylation is 1. The summed E-state index contributed by atoms with van der Waals surface area (Å²) >= 11 is 17.9. The maximum atomic E-state index is 6.17. The summed E-state index contributed by atoms with van der Waals surface area (Å²) in [5.41, 5.74) is 0.943. The van der Waals surface area contributed by atoms with E-state index in [2.05, 4.69) is 15.3 Å². The van der Waals surface area contributed by atoms with Gasteiger partial charge in [-0.25, -0.2) is 9.97 Å². The molecular formula is C13H12Cl3N3. The average molecular weight is 317 g/mol. The van der Waals surface area contributed by atoms with Crippen LogP contribution in [0, 0.1) is 6.92 Å². The van der Waals surface area contributed by atoms with Crippen LogP contribution in [0.2, 0.25) is 15.2 Å². The molecule has 6 heteroatoms. The highest BCUT2D eigenvalue weighted by Crippen LogP contribution is 2.28. The predicted molar refractivity (Wildman–Crippen MR) is 80.3 cm³/mol. The predicted octanol–water partition coefficient (Wildman–Crippen LogP) is 4.92. The van der Waals surface area contributed by atoms with Crippen LogP contribution in [0.15, 0.2) is 24.3 Å². The Morgan fingerprint density at radius 1 is 1.11 bits per heavy atom. The first-order valence-corrected chi connectivity index (χ1v) is 6.82. The van der Waals surface area contributed by atoms with E-state index in [1.807, 2.05) is 13.0 Å². The molecule has 0 aliphatic heterocycles. The molecule has 0 fully saturated rings. The van der Waals surface area contributed by atoms with E-state index in [1.54, 1.807) is 25.1 Å². The first-order chi connectivity index (χ1) is 8.95. The quantitative estimate of drug-likeness (QED) is 0.817. The van der Waals surface area contributed by atoms with E-state index in [-0.39, 0.29) is 6.04 Å². The lowest BCUT2D eigenvalue weighted by molar-refractivity contribution is 0.867. The fourth-order valence-corrected chi connectivity index (χ4v) is 2.56. The van der Waals surface area contributed by atoms with Crippen molar-refractivity contribution in [2.45, 2.75) is 19.9 Å². The molecule has 2 aromatic rings. The molecule has 100 valence electrons. The molecule has 3 nitrogen and oxygen atoms in total. The van der Waals surface area contributed by atoms with Crippen molar-refractivity contribution in [3.8, 4) is 0 Å². The van der Waals surface area contributed by atoms with Gasteiger partial charge >= 0.3 is 0 Å². The van der Waals surface area contributed by atoms with Gasteiger partial charge < -0.3 is 5.32 Å². The van der Waals surface area contributed by atoms with Gasteiger partial charge in [-0.3, -0.25) is 0 Å². The molecule has 1 aromatic carbocycles. The van der Waals surface area contributed by atoms with Crippen molar-refractivity contribution in [3.05, 3.63) is 50.9 Å². The SMILES string of the molecule is Cc1nc(Cl)cc(NC(C)c2ccc(Cl)cc2Cl)n1. The molecular weight excluding hydrogens is 305 g/mol. The number of benzene rings is 1. The molecule has 0 saturated carbocycles. The van der Waals surface area contributed by atoms with Crippen molar-refractivity contribution in [1.82, 2.24) is 9.97 Å². The summed E-state index contributed by atoms with van der Waals surface area (Å²) in [5.74, 6) is 1.28. The van der Waals surface area contributed by atoms with E-state index in [9.17, 15) is 0 Å². The summed E-state index contributed by atoms with van der Waals surface area (Å²) in [4.78, 5) is 8.29. The van der Waals surface area contributed by atoms with E-state index >= 15 is 0 Å². The molecule has 1 N–H and O–H groups in total. The molecule has 0 aliphatic carbocycles. The Bertz CT molecular complexity index is 581. The van der Waals surface area contributed by atoms with E-state index in [0.29, 0.717) is 26.8 Å². The molecule has 0 aliphatic rings. The average Bonchev–Trinajstić information content (AvgIpc) is 2.26. The zero-order valence-electron chi connectivity index (χ0n) is 10.4. The van der Waals surface area contributed by atoms with Crippen molar-refractivity contribution in [3.63, 3.8) is 0 Å². The second-order valence-electron chi connectivity index (χ2n) is 4.15. The fourth-order valence-electron chi connectivity index (χ4n) is 1.76. The summed E-state index contributed by atoms with van der Waals surface area (Å²) in [6, 6.07) is 7.07. The Labute approximate surface area is 126 Å². The number of halogens is 3. The lowest BCUT2D eigenvalue weighted by Gasteiger charge is -2.16. The number of rotatable bonds is 3. The Morgan fingerprint density at radius 3 is 2.47 bits per heavy atom. The van der Waals surface area contributed by atoms with Crippen molar-refractivity contribution in [1.29, 1.82) is 0 Å². The van der Waals surface area contributed by atoms with Crippen LogP contribution in [0.25, 0.3) is 0 Å². The van der Waals surface area contributed by atoms with Gasteiger partial charge in [-0.05, 0) is 31.5 Å². The lowest BCUT2D eigenvalue weighted by Crippen LogP contribution is -2.09. The minimum atomic E-state index is -0.0184. The lowest BCUT2D eigenvalue weighted by atomic mass is 10.1. The molecule has 1 atom stereocenters. The number of nitrogens with zero attached hydrogens (tertiary/aromatic N) is 2. The molecule has 0 radical (unpaired) electrons. The van der Waals surface area contributed by atoms with Crippen LogP contribution < -0.4 is 5.32 Å². The standard InChI is InChI=1S/C13H12Cl3N3/c1-7(10-4-3-9(14)5-11(10)15)17-13-6-12(16)18-8(2)19-13/h3-7H,1-2H3,(H,17,18,19). The third kappa shape index (κ3) is 3.72. The molecule has 19 heavy (non-hydrogen) atoms. The van der Waals surface area contributed by atoms with Gasteiger partial charge in [0, 0.05) is 16.1 Å². The number of hydrogen-bond acceptors (Lipinski definition) is 3. The van der Waals surface area contributed by atoms with E-state index in [4.69, 9.17) is 34.8 Å². The molecule has 0 spiro atoms. The summed E-state index contributed by atoms with van der Waals surface area (Å²) < 4.78 is 0. The van der Waals surface area contributed by atoms with Crippen molar-refractivity contribution in [2.75, 3.05) is 5.32 Å². The first-order valence-electron chi connectivity index (χ1n) is 5.68. The zero-order chi connectivity index (χ0) is 14.0. The van der Waals surface area contributed by atoms with Crippen molar-refractivity contribution in [2.24, 2.45) is 0 Å². The summed E-state index contributed by atoms with van der Waals surface area (Å²) in [7, 11) is 0. The van der Waals surface area contributed by atoms with Crippen LogP contribution in [-0.4, -0.2) is 9.97 Å². The Hall–Kier alpha value is -1.03. The van der Waals surface area contributed by atoms with Crippen LogP contribution in [0.3, 0.4) is 0 Å². The number of aromatic nitrogens is 2. The Balaban J connectivity index is 2.22. The van der Waals surface area contributed by atoms with E-state index < -0.39 is 0 Å². The van der Waals surface area contributed by atoms with Gasteiger partial charge in [0.05, 0.1) is 6.04 Å². The molecule has 1 heterocycles. The van der Waals surface area contributed by atoms with E-state index in [0.717, 1.165) is 5.56 Å². The molecule has 1 aromatic heterocycles. The van der Waals surface area contributed by atoms with Gasteiger partial charge in [-0.1, -0.05) is 40.9 Å². The van der Waals surface area contributed by atoms with Gasteiger partial charge in [-0.2, -0.15) is 0 Å². The maximum Gasteiger partial charge on any atom is 0.134 e. The third-order valence-corrected chi connectivity index (χ3v) is 3.36. The smallest absolute Gasteiger partial charge is 0.134 e. The zero-order valence-corrected chi connectivity index (χ0v) is 12.7. The second kappa shape index (κ2) is 5.95. The van der Waals surface area contributed by atoms with Gasteiger partial charge in [0.1, 0.15) is 16.8 Å². The highest BCUT2D eigenvalue weighted by Gasteiger charge is 2.11. The van der Waals surface area contributed by atoms with Gasteiger partial charge in [-0.15, -0.1) is 0 Å². The molecule has 0 saturated heterocycles. The van der Waals surface area contributed by atoms with Crippen molar-refractivity contribution >= 4 is 40.6 Å². The topological polar surface area (TPSA) is 37.8 Å². The van der Waals surface area contributed by atoms with Crippen LogP contribution in [0.4, 0.5) is 5.82 Å². The summed E-state index contributed by atoms with van der Waals surface area (Å²) in [5, 5.41) is 4.87. The van der Waals surface area contributed by atoms with Crippen molar-refractivity contribution < 1.29 is 0 Å². The fraction of sp³-hybridized carbons (Fsp3) is 0.231. The highest BCUT2D eigenvalue weighted by atomic mass is 35.5. The number of anilines is 1. The number of nitrogens with one attached hydrogen (secondary N) is 1. The van der Waals surface area contributed by atoms with Crippen LogP contribution >= 0.6 is 34.8 Å². The summed E-state index contributed by atoms with van der Waals surface area (Å²) in [6.45, 7) is 3.78.